The van der Waals surface area contributed by atoms with E-state index in [-0.39, 0.29) is 71.8 Å². The number of nitrogens with one attached hydrogen (secondary N) is 3. The predicted molar refractivity (Wildman–Crippen MR) is 203 cm³/mol. The van der Waals surface area contributed by atoms with Gasteiger partial charge in [0.2, 0.25) is 11.7 Å². The number of nitrogens with zero attached hydrogens (tertiary/aromatic N) is 6. The standard InChI is InChI=1S/C38H38ClF4N9O6/c1-21-32-30(37(58-21)10-15-50(16-11-37)35(57)31-28(54)3-2-12-46-31)34(56)52-36(51(32)19-29(55)47-27-9-6-23(17-26(27)39)38(41,42)43)48-33(49-52)22-4-7-25(8-5-22)45-14-13-44-18-24(40)20-53/h2-9,12,17,21,24,44-45,53-54H,10-11,13-16,18-20H2,1H3,(H,47,55)/t21-,24?/m1/s1. The summed E-state index contributed by atoms with van der Waals surface area (Å²) in [6.07, 6.45) is -4.99. The van der Waals surface area contributed by atoms with Crippen LogP contribution >= 0.6 is 11.6 Å². The van der Waals surface area contributed by atoms with Gasteiger partial charge in [0.25, 0.3) is 11.5 Å². The number of hydrogen-bond donors (Lipinski definition) is 5. The number of fused-ring (bicyclic) bond motifs is 3. The van der Waals surface area contributed by atoms with E-state index in [0.717, 1.165) is 22.3 Å². The van der Waals surface area contributed by atoms with Crippen molar-refractivity contribution in [3.8, 4) is 17.1 Å². The molecule has 0 aliphatic carbocycles. The maximum atomic E-state index is 14.5. The molecule has 3 aromatic heterocycles. The van der Waals surface area contributed by atoms with Crippen LogP contribution in [0, 0.1) is 0 Å². The molecule has 2 aliphatic heterocycles. The summed E-state index contributed by atoms with van der Waals surface area (Å²) in [6, 6.07) is 12.4. The molecule has 306 valence electrons. The number of pyridine rings is 1. The van der Waals surface area contributed by atoms with Gasteiger partial charge in [0.05, 0.1) is 40.2 Å². The summed E-state index contributed by atoms with van der Waals surface area (Å²) in [5, 5.41) is 32.0. The number of piperidine rings is 1. The fourth-order valence-corrected chi connectivity index (χ4v) is 7.52. The molecule has 5 N–H and O–H groups in total. The monoisotopic (exact) mass is 827 g/mol. The third-order valence-electron chi connectivity index (χ3n) is 10.1. The Labute approximate surface area is 332 Å². The Kier molecular flexibility index (Phi) is 11.4. The van der Waals surface area contributed by atoms with Crippen LogP contribution < -0.4 is 21.5 Å². The van der Waals surface area contributed by atoms with Crippen LogP contribution in [0.4, 0.5) is 28.9 Å². The second kappa shape index (κ2) is 16.3. The molecular formula is C38H38ClF4N9O6. The van der Waals surface area contributed by atoms with E-state index in [0.29, 0.717) is 30.4 Å². The molecule has 2 aliphatic rings. The molecule has 2 amide bonds. The minimum absolute atomic E-state index is 0.000444. The van der Waals surface area contributed by atoms with Crippen LogP contribution in [-0.2, 0) is 27.9 Å². The SMILES string of the molecule is C[C@H]1OC2(CCN(C(=O)c3ncccc3O)CC2)c2c1n(CC(=O)Nc1ccc(C(F)(F)F)cc1Cl)c1nc(-c3ccc(NCCNCC(F)CO)cc3)nn1c2=O. The van der Waals surface area contributed by atoms with E-state index in [1.54, 1.807) is 31.2 Å². The molecule has 5 heterocycles. The highest BCUT2D eigenvalue weighted by Gasteiger charge is 2.50. The van der Waals surface area contributed by atoms with Crippen LogP contribution in [0.25, 0.3) is 17.2 Å². The molecule has 1 spiro atoms. The molecule has 15 nitrogen and oxygen atoms in total. The van der Waals surface area contributed by atoms with Gasteiger partial charge >= 0.3 is 6.18 Å². The molecule has 1 fully saturated rings. The molecule has 7 rings (SSSR count). The number of rotatable bonds is 12. The smallest absolute Gasteiger partial charge is 0.416 e. The van der Waals surface area contributed by atoms with Gasteiger partial charge in [0.1, 0.15) is 24.1 Å². The van der Waals surface area contributed by atoms with E-state index >= 15 is 0 Å². The second-order valence-electron chi connectivity index (χ2n) is 13.9. The predicted octanol–water partition coefficient (Wildman–Crippen LogP) is 4.52. The number of aromatic nitrogens is 5. The number of benzene rings is 2. The average molecular weight is 828 g/mol. The summed E-state index contributed by atoms with van der Waals surface area (Å²) in [5.74, 6) is -1.29. The normalized spacial score (nSPS) is 16.7. The molecule has 0 saturated carbocycles. The van der Waals surface area contributed by atoms with Crippen molar-refractivity contribution in [3.05, 3.63) is 98.7 Å². The minimum atomic E-state index is -4.65. The number of aromatic hydroxyl groups is 1. The lowest BCUT2D eigenvalue weighted by Gasteiger charge is -2.39. The molecule has 20 heteroatoms. The van der Waals surface area contributed by atoms with Crippen LogP contribution in [0.3, 0.4) is 0 Å². The maximum Gasteiger partial charge on any atom is 0.416 e. The number of carbonyl (C=O) groups excluding carboxylic acids is 2. The van der Waals surface area contributed by atoms with Gasteiger partial charge in [-0.1, -0.05) is 11.6 Å². The molecule has 1 saturated heterocycles. The zero-order valence-electron chi connectivity index (χ0n) is 30.9. The first-order valence-corrected chi connectivity index (χ1v) is 18.7. The summed E-state index contributed by atoms with van der Waals surface area (Å²) >= 11 is 6.15. The van der Waals surface area contributed by atoms with Crippen LogP contribution in [0.2, 0.25) is 5.02 Å². The van der Waals surface area contributed by atoms with Gasteiger partial charge in [0.15, 0.2) is 11.5 Å². The average Bonchev–Trinajstić information content (AvgIpc) is 3.77. The highest BCUT2D eigenvalue weighted by Crippen LogP contribution is 2.48. The summed E-state index contributed by atoms with van der Waals surface area (Å²) in [5.41, 5.74) is -1.05. The Morgan fingerprint density at radius 3 is 2.52 bits per heavy atom. The summed E-state index contributed by atoms with van der Waals surface area (Å²) < 4.78 is 62.3. The maximum absolute atomic E-state index is 14.5. The van der Waals surface area contributed by atoms with Gasteiger partial charge in [-0.05, 0) is 74.4 Å². The Bertz CT molecular complexity index is 2400. The zero-order valence-corrected chi connectivity index (χ0v) is 31.6. The number of amides is 2. The van der Waals surface area contributed by atoms with E-state index in [4.69, 9.17) is 21.4 Å². The first-order valence-electron chi connectivity index (χ1n) is 18.3. The van der Waals surface area contributed by atoms with E-state index in [9.17, 15) is 37.1 Å². The van der Waals surface area contributed by atoms with Crippen molar-refractivity contribution < 1.29 is 42.1 Å². The number of anilines is 2. The number of aliphatic hydroxyl groups is 1. The lowest BCUT2D eigenvalue weighted by Crippen LogP contribution is -2.47. The van der Waals surface area contributed by atoms with Crippen LogP contribution in [0.15, 0.2) is 65.6 Å². The van der Waals surface area contributed by atoms with E-state index in [1.807, 2.05) is 0 Å². The second-order valence-corrected chi connectivity index (χ2v) is 14.4. The summed E-state index contributed by atoms with van der Waals surface area (Å²) in [7, 11) is 0. The number of carbonyl (C=O) groups is 2. The van der Waals surface area contributed by atoms with Crippen molar-refractivity contribution in [2.45, 2.75) is 50.4 Å². The summed E-state index contributed by atoms with van der Waals surface area (Å²) in [4.78, 5) is 51.7. The Morgan fingerprint density at radius 1 is 1.10 bits per heavy atom. The van der Waals surface area contributed by atoms with E-state index in [1.165, 1.54) is 27.8 Å². The Morgan fingerprint density at radius 2 is 1.84 bits per heavy atom. The summed E-state index contributed by atoms with van der Waals surface area (Å²) in [6.45, 7) is 1.91. The first kappa shape index (κ1) is 40.6. The van der Waals surface area contributed by atoms with Gasteiger partial charge in [0, 0.05) is 50.2 Å². The van der Waals surface area contributed by atoms with Gasteiger partial charge in [-0.15, -0.1) is 5.10 Å². The molecule has 5 aromatic rings. The molecule has 58 heavy (non-hydrogen) atoms. The van der Waals surface area contributed by atoms with E-state index < -0.39 is 60.1 Å². The molecule has 2 aromatic carbocycles. The van der Waals surface area contributed by atoms with Crippen LogP contribution in [0.5, 0.6) is 5.75 Å². The van der Waals surface area contributed by atoms with Crippen molar-refractivity contribution in [2.24, 2.45) is 0 Å². The number of likely N-dealkylation sites (tertiary alicyclic amines) is 1. The van der Waals surface area contributed by atoms with Crippen molar-refractivity contribution in [2.75, 3.05) is 50.0 Å². The fraction of sp³-hybridized carbons (Fsp3) is 0.368. The number of aliphatic hydroxyl groups excluding tert-OH is 1. The third-order valence-corrected chi connectivity index (χ3v) is 10.4. The quantitative estimate of drug-likeness (QED) is 0.0879. The van der Waals surface area contributed by atoms with Gasteiger partial charge < -0.3 is 40.4 Å². The number of halogens is 5. The molecular weight excluding hydrogens is 790 g/mol. The first-order chi connectivity index (χ1) is 27.7. The van der Waals surface area contributed by atoms with Gasteiger partial charge in [-0.3, -0.25) is 14.4 Å². The van der Waals surface area contributed by atoms with Crippen molar-refractivity contribution in [1.29, 1.82) is 0 Å². The van der Waals surface area contributed by atoms with Crippen LogP contribution in [0.1, 0.15) is 53.2 Å². The third kappa shape index (κ3) is 8.07. The number of hydrogen-bond acceptors (Lipinski definition) is 11. The highest BCUT2D eigenvalue weighted by molar-refractivity contribution is 6.33. The Hall–Kier alpha value is -5.63. The van der Waals surface area contributed by atoms with Gasteiger partial charge in [-0.2, -0.15) is 22.7 Å². The molecule has 0 radical (unpaired) electrons. The molecule has 0 bridgehead atoms. The lowest BCUT2D eigenvalue weighted by atomic mass is 9.85. The van der Waals surface area contributed by atoms with Crippen LogP contribution in [-0.4, -0.2) is 96.6 Å². The molecule has 2 atom stereocenters. The van der Waals surface area contributed by atoms with Gasteiger partial charge in [-0.25, -0.2) is 9.37 Å². The lowest BCUT2D eigenvalue weighted by molar-refractivity contribution is -0.137. The van der Waals surface area contributed by atoms with Crippen molar-refractivity contribution in [1.82, 2.24) is 34.4 Å². The minimum Gasteiger partial charge on any atom is -0.505 e. The van der Waals surface area contributed by atoms with E-state index in [2.05, 4.69) is 31.0 Å². The largest absolute Gasteiger partial charge is 0.505 e. The fourth-order valence-electron chi connectivity index (χ4n) is 7.29. The zero-order chi connectivity index (χ0) is 41.4. The number of alkyl halides is 4. The van der Waals surface area contributed by atoms with Crippen molar-refractivity contribution >= 4 is 40.6 Å². The topological polar surface area (TPSA) is 188 Å². The van der Waals surface area contributed by atoms with Crippen molar-refractivity contribution in [3.63, 3.8) is 0 Å². The Balaban J connectivity index is 1.21. The molecule has 1 unspecified atom stereocenters. The number of ether oxygens (including phenoxy) is 1. The highest BCUT2D eigenvalue weighted by atomic mass is 35.5.